The van der Waals surface area contributed by atoms with E-state index in [4.69, 9.17) is 10.5 Å². The summed E-state index contributed by atoms with van der Waals surface area (Å²) >= 11 is 0. The van der Waals surface area contributed by atoms with Gasteiger partial charge in [-0.3, -0.25) is 0 Å². The lowest BCUT2D eigenvalue weighted by Crippen LogP contribution is -2.44. The van der Waals surface area contributed by atoms with Gasteiger partial charge in [-0.2, -0.15) is 0 Å². The molecule has 5 heteroatoms. The third-order valence-electron chi connectivity index (χ3n) is 3.87. The van der Waals surface area contributed by atoms with E-state index in [1.165, 1.54) is 0 Å². The highest BCUT2D eigenvalue weighted by atomic mass is 16.5. The SMILES string of the molecule is Cc1nc2cc(C(N)C3CNCCO3)ccc2n1C. The Hall–Kier alpha value is -1.43. The minimum absolute atomic E-state index is 0.0380. The molecule has 2 unspecified atom stereocenters. The Balaban J connectivity index is 1.91. The molecule has 19 heavy (non-hydrogen) atoms. The van der Waals surface area contributed by atoms with Crippen LogP contribution < -0.4 is 11.1 Å². The topological polar surface area (TPSA) is 65.1 Å². The van der Waals surface area contributed by atoms with E-state index in [-0.39, 0.29) is 12.1 Å². The summed E-state index contributed by atoms with van der Waals surface area (Å²) < 4.78 is 7.81. The molecule has 1 aliphatic rings. The number of fused-ring (bicyclic) bond motifs is 1. The first-order valence-corrected chi connectivity index (χ1v) is 6.67. The zero-order valence-electron chi connectivity index (χ0n) is 11.4. The van der Waals surface area contributed by atoms with Crippen LogP contribution in [0.3, 0.4) is 0 Å². The zero-order chi connectivity index (χ0) is 13.4. The number of nitrogens with one attached hydrogen (secondary N) is 1. The van der Waals surface area contributed by atoms with Crippen LogP contribution >= 0.6 is 0 Å². The number of aromatic nitrogens is 2. The summed E-state index contributed by atoms with van der Waals surface area (Å²) in [6, 6.07) is 6.12. The third kappa shape index (κ3) is 2.25. The van der Waals surface area contributed by atoms with Crippen molar-refractivity contribution < 1.29 is 4.74 Å². The van der Waals surface area contributed by atoms with Crippen LogP contribution in [0.5, 0.6) is 0 Å². The molecule has 102 valence electrons. The molecule has 1 fully saturated rings. The van der Waals surface area contributed by atoms with E-state index in [0.29, 0.717) is 0 Å². The van der Waals surface area contributed by atoms with Gasteiger partial charge in [0, 0.05) is 20.1 Å². The van der Waals surface area contributed by atoms with Crippen molar-refractivity contribution in [2.24, 2.45) is 12.8 Å². The van der Waals surface area contributed by atoms with Gasteiger partial charge in [0.2, 0.25) is 0 Å². The van der Waals surface area contributed by atoms with Crippen molar-refractivity contribution in [1.29, 1.82) is 0 Å². The minimum Gasteiger partial charge on any atom is -0.374 e. The van der Waals surface area contributed by atoms with Crippen molar-refractivity contribution in [3.8, 4) is 0 Å². The Morgan fingerprint density at radius 3 is 3.11 bits per heavy atom. The van der Waals surface area contributed by atoms with Crippen molar-refractivity contribution in [2.45, 2.75) is 19.1 Å². The molecule has 3 rings (SSSR count). The zero-order valence-corrected chi connectivity index (χ0v) is 11.4. The van der Waals surface area contributed by atoms with Gasteiger partial charge >= 0.3 is 0 Å². The average Bonchev–Trinajstić information content (AvgIpc) is 2.74. The molecule has 1 saturated heterocycles. The summed E-state index contributed by atoms with van der Waals surface area (Å²) in [7, 11) is 2.03. The molecular formula is C14H20N4O. The van der Waals surface area contributed by atoms with Crippen molar-refractivity contribution >= 4 is 11.0 Å². The van der Waals surface area contributed by atoms with Gasteiger partial charge in [-0.1, -0.05) is 6.07 Å². The fourth-order valence-corrected chi connectivity index (χ4v) is 2.58. The second kappa shape index (κ2) is 4.92. The van der Waals surface area contributed by atoms with Crippen LogP contribution in [0.25, 0.3) is 11.0 Å². The molecule has 1 aromatic carbocycles. The number of nitrogens with two attached hydrogens (primary N) is 1. The number of aryl methyl sites for hydroxylation is 2. The lowest BCUT2D eigenvalue weighted by atomic mass is 10.0. The summed E-state index contributed by atoms with van der Waals surface area (Å²) in [4.78, 5) is 4.55. The van der Waals surface area contributed by atoms with Crippen LogP contribution in [0, 0.1) is 6.92 Å². The predicted molar refractivity (Wildman–Crippen MR) is 75.0 cm³/mol. The summed E-state index contributed by atoms with van der Waals surface area (Å²) in [6.07, 6.45) is 0.0380. The van der Waals surface area contributed by atoms with Crippen molar-refractivity contribution in [3.05, 3.63) is 29.6 Å². The van der Waals surface area contributed by atoms with Crippen LogP contribution in [0.2, 0.25) is 0 Å². The molecule has 2 aromatic rings. The third-order valence-corrected chi connectivity index (χ3v) is 3.87. The first-order valence-electron chi connectivity index (χ1n) is 6.67. The largest absolute Gasteiger partial charge is 0.374 e. The highest BCUT2D eigenvalue weighted by Gasteiger charge is 2.23. The maximum absolute atomic E-state index is 6.31. The second-order valence-corrected chi connectivity index (χ2v) is 5.11. The van der Waals surface area contributed by atoms with Gasteiger partial charge in [0.25, 0.3) is 0 Å². The number of imidazole rings is 1. The van der Waals surface area contributed by atoms with Crippen molar-refractivity contribution in [2.75, 3.05) is 19.7 Å². The van der Waals surface area contributed by atoms with Gasteiger partial charge in [0.1, 0.15) is 5.82 Å². The van der Waals surface area contributed by atoms with E-state index in [1.807, 2.05) is 14.0 Å². The highest BCUT2D eigenvalue weighted by Crippen LogP contribution is 2.23. The molecule has 0 radical (unpaired) electrons. The summed E-state index contributed by atoms with van der Waals surface area (Å²) in [5.74, 6) is 1.01. The summed E-state index contributed by atoms with van der Waals surface area (Å²) in [5, 5.41) is 3.31. The van der Waals surface area contributed by atoms with Crippen LogP contribution in [0.1, 0.15) is 17.4 Å². The van der Waals surface area contributed by atoms with Crippen LogP contribution in [0.15, 0.2) is 18.2 Å². The quantitative estimate of drug-likeness (QED) is 0.841. The number of hydrogen-bond donors (Lipinski definition) is 2. The number of ether oxygens (including phenoxy) is 1. The highest BCUT2D eigenvalue weighted by molar-refractivity contribution is 5.77. The first kappa shape index (κ1) is 12.6. The number of hydrogen-bond acceptors (Lipinski definition) is 4. The van der Waals surface area contributed by atoms with E-state index < -0.39 is 0 Å². The van der Waals surface area contributed by atoms with Crippen molar-refractivity contribution in [1.82, 2.24) is 14.9 Å². The number of rotatable bonds is 2. The smallest absolute Gasteiger partial charge is 0.106 e. The molecule has 1 aromatic heterocycles. The average molecular weight is 260 g/mol. The molecule has 0 saturated carbocycles. The molecule has 0 bridgehead atoms. The standard InChI is InChI=1S/C14H20N4O/c1-9-17-11-7-10(3-4-12(11)18(9)2)14(15)13-8-16-5-6-19-13/h3-4,7,13-14,16H,5-6,8,15H2,1-2H3. The van der Waals surface area contributed by atoms with Gasteiger partial charge in [0.05, 0.1) is 29.8 Å². The van der Waals surface area contributed by atoms with Gasteiger partial charge in [0.15, 0.2) is 0 Å². The minimum atomic E-state index is -0.112. The van der Waals surface area contributed by atoms with Gasteiger partial charge in [-0.05, 0) is 24.6 Å². The Bertz CT molecular complexity index is 586. The van der Waals surface area contributed by atoms with Crippen LogP contribution in [0.4, 0.5) is 0 Å². The fraction of sp³-hybridized carbons (Fsp3) is 0.500. The van der Waals surface area contributed by atoms with Crippen LogP contribution in [-0.4, -0.2) is 35.4 Å². The van der Waals surface area contributed by atoms with Crippen LogP contribution in [-0.2, 0) is 11.8 Å². The Morgan fingerprint density at radius 1 is 1.53 bits per heavy atom. The molecule has 1 aliphatic heterocycles. The van der Waals surface area contributed by atoms with E-state index in [0.717, 1.165) is 42.1 Å². The van der Waals surface area contributed by atoms with E-state index in [1.54, 1.807) is 0 Å². The molecule has 5 nitrogen and oxygen atoms in total. The Morgan fingerprint density at radius 2 is 2.37 bits per heavy atom. The van der Waals surface area contributed by atoms with E-state index in [2.05, 4.69) is 33.1 Å². The maximum Gasteiger partial charge on any atom is 0.106 e. The number of benzene rings is 1. The van der Waals surface area contributed by atoms with E-state index in [9.17, 15) is 0 Å². The Kier molecular flexibility index (Phi) is 3.26. The lowest BCUT2D eigenvalue weighted by Gasteiger charge is -2.28. The molecular weight excluding hydrogens is 240 g/mol. The summed E-state index contributed by atoms with van der Waals surface area (Å²) in [5.41, 5.74) is 9.52. The molecule has 0 aliphatic carbocycles. The monoisotopic (exact) mass is 260 g/mol. The number of nitrogens with zero attached hydrogens (tertiary/aromatic N) is 2. The molecule has 2 atom stereocenters. The van der Waals surface area contributed by atoms with Gasteiger partial charge in [-0.25, -0.2) is 4.98 Å². The van der Waals surface area contributed by atoms with Crippen molar-refractivity contribution in [3.63, 3.8) is 0 Å². The fourth-order valence-electron chi connectivity index (χ4n) is 2.58. The molecule has 0 amide bonds. The molecule has 0 spiro atoms. The second-order valence-electron chi connectivity index (χ2n) is 5.11. The van der Waals surface area contributed by atoms with E-state index >= 15 is 0 Å². The lowest BCUT2D eigenvalue weighted by molar-refractivity contribution is 0.0122. The first-order chi connectivity index (χ1) is 9.16. The maximum atomic E-state index is 6.31. The van der Waals surface area contributed by atoms with Gasteiger partial charge in [-0.15, -0.1) is 0 Å². The predicted octanol–water partition coefficient (Wildman–Crippen LogP) is 0.870. The normalized spacial score (nSPS) is 21.7. The molecule has 3 N–H and O–H groups in total. The van der Waals surface area contributed by atoms with Gasteiger partial charge < -0.3 is 20.4 Å². The summed E-state index contributed by atoms with van der Waals surface area (Å²) in [6.45, 7) is 4.44. The molecule has 2 heterocycles. The number of morpholine rings is 1. The Labute approximate surface area is 112 Å².